The molecule has 0 saturated carbocycles. The number of anilines is 1. The Hall–Kier alpha value is -3.85. The van der Waals surface area contributed by atoms with Crippen molar-refractivity contribution in [2.75, 3.05) is 30.8 Å². The molecule has 0 heterocycles. The van der Waals surface area contributed by atoms with Crippen LogP contribution in [0.2, 0.25) is 0 Å². The molecular formula is C32H41N3O5S. The normalized spacial score (nSPS) is 12.0. The number of sulfonamides is 1. The minimum atomic E-state index is -3.61. The van der Waals surface area contributed by atoms with Crippen LogP contribution in [-0.4, -0.2) is 57.6 Å². The van der Waals surface area contributed by atoms with E-state index in [0.717, 1.165) is 17.4 Å². The van der Waals surface area contributed by atoms with Crippen molar-refractivity contribution in [2.24, 2.45) is 5.92 Å². The van der Waals surface area contributed by atoms with Crippen molar-refractivity contribution < 1.29 is 22.7 Å². The van der Waals surface area contributed by atoms with E-state index >= 15 is 0 Å². The number of ether oxygens (including phenoxy) is 1. The zero-order valence-electron chi connectivity index (χ0n) is 24.3. The van der Waals surface area contributed by atoms with E-state index in [0.29, 0.717) is 24.4 Å². The molecule has 1 N–H and O–H groups in total. The predicted molar refractivity (Wildman–Crippen MR) is 163 cm³/mol. The van der Waals surface area contributed by atoms with Crippen molar-refractivity contribution in [3.8, 4) is 5.75 Å². The minimum absolute atomic E-state index is 0.0750. The second-order valence-electron chi connectivity index (χ2n) is 10.5. The molecule has 1 atom stereocenters. The fourth-order valence-electron chi connectivity index (χ4n) is 4.53. The largest absolute Gasteiger partial charge is 0.497 e. The van der Waals surface area contributed by atoms with E-state index < -0.39 is 16.1 Å². The number of hydrogen-bond acceptors (Lipinski definition) is 5. The first-order chi connectivity index (χ1) is 19.6. The van der Waals surface area contributed by atoms with Crippen LogP contribution in [0.1, 0.15) is 37.8 Å². The first-order valence-corrected chi connectivity index (χ1v) is 15.7. The van der Waals surface area contributed by atoms with Gasteiger partial charge >= 0.3 is 0 Å². The Bertz CT molecular complexity index is 1360. The number of carbonyl (C=O) groups excluding carboxylic acids is 2. The predicted octanol–water partition coefficient (Wildman–Crippen LogP) is 4.65. The molecule has 0 aromatic heterocycles. The van der Waals surface area contributed by atoms with Crippen molar-refractivity contribution in [3.63, 3.8) is 0 Å². The molecule has 220 valence electrons. The number of carbonyl (C=O) groups is 2. The van der Waals surface area contributed by atoms with Crippen LogP contribution in [0.4, 0.5) is 5.69 Å². The third kappa shape index (κ3) is 9.93. The maximum atomic E-state index is 13.8. The lowest BCUT2D eigenvalue weighted by Gasteiger charge is -2.32. The number of nitrogens with one attached hydrogen (secondary N) is 1. The number of amides is 2. The number of rotatable bonds is 15. The lowest BCUT2D eigenvalue weighted by atomic mass is 10.0. The van der Waals surface area contributed by atoms with Gasteiger partial charge in [0.05, 0.1) is 19.1 Å². The maximum absolute atomic E-state index is 13.8. The highest BCUT2D eigenvalue weighted by molar-refractivity contribution is 7.92. The Balaban J connectivity index is 1.86. The first kappa shape index (κ1) is 31.7. The second kappa shape index (κ2) is 15.2. The summed E-state index contributed by atoms with van der Waals surface area (Å²) in [5.41, 5.74) is 2.32. The van der Waals surface area contributed by atoms with Gasteiger partial charge in [0, 0.05) is 38.5 Å². The van der Waals surface area contributed by atoms with Crippen LogP contribution in [0, 0.1) is 5.92 Å². The molecule has 0 fully saturated rings. The molecule has 0 bridgehead atoms. The van der Waals surface area contributed by atoms with Gasteiger partial charge < -0.3 is 15.0 Å². The Labute approximate surface area is 244 Å². The van der Waals surface area contributed by atoms with Crippen LogP contribution in [0.15, 0.2) is 84.9 Å². The van der Waals surface area contributed by atoms with E-state index in [2.05, 4.69) is 5.32 Å². The van der Waals surface area contributed by atoms with E-state index in [1.165, 1.54) is 11.4 Å². The highest BCUT2D eigenvalue weighted by Gasteiger charge is 2.30. The van der Waals surface area contributed by atoms with E-state index in [4.69, 9.17) is 4.74 Å². The molecule has 41 heavy (non-hydrogen) atoms. The third-order valence-corrected chi connectivity index (χ3v) is 7.84. The minimum Gasteiger partial charge on any atom is -0.497 e. The monoisotopic (exact) mass is 579 g/mol. The van der Waals surface area contributed by atoms with E-state index in [1.807, 2.05) is 74.5 Å². The summed E-state index contributed by atoms with van der Waals surface area (Å²) < 4.78 is 31.8. The molecule has 1 unspecified atom stereocenters. The summed E-state index contributed by atoms with van der Waals surface area (Å²) in [7, 11) is -2.09. The fourth-order valence-corrected chi connectivity index (χ4v) is 5.48. The van der Waals surface area contributed by atoms with Gasteiger partial charge in [-0.05, 0) is 35.6 Å². The number of nitrogens with zero attached hydrogens (tertiary/aromatic N) is 2. The average molecular weight is 580 g/mol. The van der Waals surface area contributed by atoms with Gasteiger partial charge in [0.2, 0.25) is 21.8 Å². The van der Waals surface area contributed by atoms with Gasteiger partial charge in [-0.1, -0.05) is 80.6 Å². The molecule has 3 aromatic carbocycles. The van der Waals surface area contributed by atoms with Crippen molar-refractivity contribution in [1.82, 2.24) is 10.2 Å². The number of hydrogen-bond donors (Lipinski definition) is 1. The van der Waals surface area contributed by atoms with Gasteiger partial charge in [-0.15, -0.1) is 0 Å². The average Bonchev–Trinajstić information content (AvgIpc) is 2.96. The van der Waals surface area contributed by atoms with Crippen LogP contribution in [0.5, 0.6) is 5.75 Å². The van der Waals surface area contributed by atoms with Gasteiger partial charge in [0.1, 0.15) is 11.8 Å². The summed E-state index contributed by atoms with van der Waals surface area (Å²) in [5, 5.41) is 3.02. The standard InChI is InChI=1S/C32H41N3O5S/c1-25(2)23-33-32(37)30(21-26-13-7-5-8-14-26)34(24-27-15-9-6-10-16-27)31(36)19-12-20-35(41(4,38)39)28-17-11-18-29(22-28)40-3/h5-11,13-18,22,25,30H,12,19-21,23-24H2,1-4H3,(H,33,37). The van der Waals surface area contributed by atoms with Crippen molar-refractivity contribution in [2.45, 2.75) is 45.7 Å². The Kier molecular flexibility index (Phi) is 11.8. The quantitative estimate of drug-likeness (QED) is 0.283. The Morgan fingerprint density at radius 3 is 2.12 bits per heavy atom. The van der Waals surface area contributed by atoms with Gasteiger partial charge in [-0.25, -0.2) is 8.42 Å². The van der Waals surface area contributed by atoms with Gasteiger partial charge in [-0.2, -0.15) is 0 Å². The van der Waals surface area contributed by atoms with Gasteiger partial charge in [0.25, 0.3) is 0 Å². The zero-order chi connectivity index (χ0) is 29.8. The van der Waals surface area contributed by atoms with Crippen molar-refractivity contribution in [3.05, 3.63) is 96.1 Å². The van der Waals surface area contributed by atoms with E-state index in [-0.39, 0.29) is 43.7 Å². The Morgan fingerprint density at radius 1 is 0.902 bits per heavy atom. The van der Waals surface area contributed by atoms with Crippen LogP contribution in [0.3, 0.4) is 0 Å². The molecule has 8 nitrogen and oxygen atoms in total. The number of methoxy groups -OCH3 is 1. The van der Waals surface area contributed by atoms with Crippen molar-refractivity contribution >= 4 is 27.5 Å². The van der Waals surface area contributed by atoms with Crippen LogP contribution in [-0.2, 0) is 32.6 Å². The van der Waals surface area contributed by atoms with Crippen LogP contribution < -0.4 is 14.4 Å². The summed E-state index contributed by atoms with van der Waals surface area (Å²) in [6.45, 7) is 4.92. The molecular weight excluding hydrogens is 538 g/mol. The molecule has 0 radical (unpaired) electrons. The number of benzene rings is 3. The topological polar surface area (TPSA) is 96.0 Å². The highest BCUT2D eigenvalue weighted by atomic mass is 32.2. The molecule has 2 amide bonds. The molecule has 0 aliphatic heterocycles. The van der Waals surface area contributed by atoms with E-state index in [1.54, 1.807) is 29.2 Å². The molecule has 0 aliphatic carbocycles. The van der Waals surface area contributed by atoms with E-state index in [9.17, 15) is 18.0 Å². The molecule has 0 saturated heterocycles. The molecule has 9 heteroatoms. The SMILES string of the molecule is COc1cccc(N(CCCC(=O)N(Cc2ccccc2)C(Cc2ccccc2)C(=O)NCC(C)C)S(C)(=O)=O)c1. The first-order valence-electron chi connectivity index (χ1n) is 13.8. The summed E-state index contributed by atoms with van der Waals surface area (Å²) in [5.74, 6) is 0.375. The molecule has 0 spiro atoms. The second-order valence-corrected chi connectivity index (χ2v) is 12.4. The molecule has 3 rings (SSSR count). The lowest BCUT2D eigenvalue weighted by molar-refractivity contribution is -0.141. The maximum Gasteiger partial charge on any atom is 0.243 e. The summed E-state index contributed by atoms with van der Waals surface area (Å²) in [6.07, 6.45) is 1.86. The highest BCUT2D eigenvalue weighted by Crippen LogP contribution is 2.24. The Morgan fingerprint density at radius 2 is 1.54 bits per heavy atom. The van der Waals surface area contributed by atoms with Crippen LogP contribution >= 0.6 is 0 Å². The van der Waals surface area contributed by atoms with Crippen molar-refractivity contribution in [1.29, 1.82) is 0 Å². The smallest absolute Gasteiger partial charge is 0.243 e. The van der Waals surface area contributed by atoms with Crippen LogP contribution in [0.25, 0.3) is 0 Å². The molecule has 3 aromatic rings. The lowest BCUT2D eigenvalue weighted by Crippen LogP contribution is -2.51. The third-order valence-electron chi connectivity index (χ3n) is 6.64. The summed E-state index contributed by atoms with van der Waals surface area (Å²) in [4.78, 5) is 29.0. The fraction of sp³-hybridized carbons (Fsp3) is 0.375. The molecule has 0 aliphatic rings. The van der Waals surface area contributed by atoms with Gasteiger partial charge in [0.15, 0.2) is 0 Å². The van der Waals surface area contributed by atoms with Gasteiger partial charge in [-0.3, -0.25) is 13.9 Å². The zero-order valence-corrected chi connectivity index (χ0v) is 25.1. The summed E-state index contributed by atoms with van der Waals surface area (Å²) in [6, 6.07) is 25.3. The summed E-state index contributed by atoms with van der Waals surface area (Å²) >= 11 is 0.